The quantitative estimate of drug-likeness (QED) is 0.798. The van der Waals surface area contributed by atoms with Gasteiger partial charge in [-0.25, -0.2) is 0 Å². The van der Waals surface area contributed by atoms with Gasteiger partial charge >= 0.3 is 0 Å². The zero-order valence-corrected chi connectivity index (χ0v) is 9.65. The summed E-state index contributed by atoms with van der Waals surface area (Å²) in [6, 6.07) is 0. The maximum absolute atomic E-state index is 11.9. The van der Waals surface area contributed by atoms with Crippen LogP contribution in [-0.4, -0.2) is 31.6 Å². The largest absolute Gasteiger partial charge is 0.292 e. The van der Waals surface area contributed by atoms with Crippen molar-refractivity contribution in [2.24, 2.45) is 0 Å². The number of anilines is 1. The molecule has 0 bridgehead atoms. The van der Waals surface area contributed by atoms with Crippen molar-refractivity contribution in [2.75, 3.05) is 11.1 Å². The highest BCUT2D eigenvalue weighted by molar-refractivity contribution is 8.01. The average molecular weight is 226 g/mol. The van der Waals surface area contributed by atoms with E-state index in [-0.39, 0.29) is 10.7 Å². The minimum absolute atomic E-state index is 0.00370. The molecule has 1 unspecified atom stereocenters. The maximum atomic E-state index is 11.9. The lowest BCUT2D eigenvalue weighted by atomic mass is 10.1. The molecule has 1 fully saturated rings. The number of aromatic amines is 1. The highest BCUT2D eigenvalue weighted by Gasteiger charge is 2.37. The van der Waals surface area contributed by atoms with E-state index in [2.05, 4.69) is 20.5 Å². The van der Waals surface area contributed by atoms with Crippen LogP contribution in [0.1, 0.15) is 25.6 Å². The molecule has 2 N–H and O–H groups in total. The molecular formula is C9H14N4OS. The van der Waals surface area contributed by atoms with Gasteiger partial charge in [0.05, 0.1) is 4.75 Å². The SMILES string of the molecule is Cc1nc(NC(=O)C2(C)CCCS2)n[nH]1. The van der Waals surface area contributed by atoms with Gasteiger partial charge in [-0.3, -0.25) is 15.2 Å². The number of nitrogens with zero attached hydrogens (tertiary/aromatic N) is 2. The zero-order valence-electron chi connectivity index (χ0n) is 8.83. The first kappa shape index (κ1) is 10.5. The van der Waals surface area contributed by atoms with Gasteiger partial charge in [0.15, 0.2) is 0 Å². The number of hydrogen-bond donors (Lipinski definition) is 2. The summed E-state index contributed by atoms with van der Waals surface area (Å²) in [6.45, 7) is 3.77. The fourth-order valence-electron chi connectivity index (χ4n) is 1.59. The number of thioether (sulfide) groups is 1. The Balaban J connectivity index is 2.03. The van der Waals surface area contributed by atoms with Crippen LogP contribution in [0.15, 0.2) is 0 Å². The summed E-state index contributed by atoms with van der Waals surface area (Å²) in [5.41, 5.74) is 0. The average Bonchev–Trinajstić information content (AvgIpc) is 2.76. The Labute approximate surface area is 92.4 Å². The van der Waals surface area contributed by atoms with Crippen molar-refractivity contribution in [1.82, 2.24) is 15.2 Å². The molecule has 1 atom stereocenters. The van der Waals surface area contributed by atoms with Crippen molar-refractivity contribution in [3.05, 3.63) is 5.82 Å². The molecule has 0 aromatic carbocycles. The lowest BCUT2D eigenvalue weighted by Gasteiger charge is -2.19. The van der Waals surface area contributed by atoms with Crippen LogP contribution in [0.2, 0.25) is 0 Å². The molecular weight excluding hydrogens is 212 g/mol. The summed E-state index contributed by atoms with van der Waals surface area (Å²) in [4.78, 5) is 16.0. The Hall–Kier alpha value is -1.04. The number of aryl methyl sites for hydroxylation is 1. The smallest absolute Gasteiger partial charge is 0.248 e. The second-order valence-electron chi connectivity index (χ2n) is 3.88. The number of nitrogens with one attached hydrogen (secondary N) is 2. The minimum Gasteiger partial charge on any atom is -0.292 e. The highest BCUT2D eigenvalue weighted by atomic mass is 32.2. The van der Waals surface area contributed by atoms with E-state index in [1.807, 2.05) is 6.92 Å². The topological polar surface area (TPSA) is 70.7 Å². The second kappa shape index (κ2) is 3.84. The molecule has 0 aliphatic carbocycles. The highest BCUT2D eigenvalue weighted by Crippen LogP contribution is 2.38. The van der Waals surface area contributed by atoms with Crippen LogP contribution in [0.4, 0.5) is 5.95 Å². The molecule has 0 spiro atoms. The Kier molecular flexibility index (Phi) is 2.68. The Morgan fingerprint density at radius 1 is 1.67 bits per heavy atom. The summed E-state index contributed by atoms with van der Waals surface area (Å²) in [5, 5.41) is 9.31. The van der Waals surface area contributed by atoms with Crippen LogP contribution in [0.25, 0.3) is 0 Å². The predicted octanol–water partition coefficient (Wildman–Crippen LogP) is 1.34. The molecule has 6 heteroatoms. The third-order valence-electron chi connectivity index (χ3n) is 2.52. The first-order chi connectivity index (χ1) is 7.10. The van der Waals surface area contributed by atoms with E-state index in [9.17, 15) is 4.79 Å². The van der Waals surface area contributed by atoms with Crippen LogP contribution in [-0.2, 0) is 4.79 Å². The van der Waals surface area contributed by atoms with Gasteiger partial charge in [0.25, 0.3) is 0 Å². The number of rotatable bonds is 2. The Morgan fingerprint density at radius 2 is 2.47 bits per heavy atom. The van der Waals surface area contributed by atoms with E-state index in [1.165, 1.54) is 0 Å². The number of carbonyl (C=O) groups excluding carboxylic acids is 1. The van der Waals surface area contributed by atoms with Gasteiger partial charge < -0.3 is 0 Å². The molecule has 1 aliphatic heterocycles. The standard InChI is InChI=1S/C9H14N4OS/c1-6-10-8(13-12-6)11-7(14)9(2)4-3-5-15-9/h3-5H2,1-2H3,(H2,10,11,12,13,14). The minimum atomic E-state index is -0.311. The van der Waals surface area contributed by atoms with Crippen LogP contribution in [0.3, 0.4) is 0 Å². The van der Waals surface area contributed by atoms with Crippen molar-refractivity contribution in [2.45, 2.75) is 31.4 Å². The molecule has 82 valence electrons. The number of aromatic nitrogens is 3. The molecule has 1 aromatic heterocycles. The summed E-state index contributed by atoms with van der Waals surface area (Å²) in [6.07, 6.45) is 2.02. The Morgan fingerprint density at radius 3 is 3.00 bits per heavy atom. The molecule has 1 aromatic rings. The lowest BCUT2D eigenvalue weighted by Crippen LogP contribution is -2.35. The van der Waals surface area contributed by atoms with Crippen molar-refractivity contribution >= 4 is 23.6 Å². The zero-order chi connectivity index (χ0) is 10.9. The van der Waals surface area contributed by atoms with Crippen LogP contribution < -0.4 is 5.32 Å². The molecule has 0 radical (unpaired) electrons. The van der Waals surface area contributed by atoms with E-state index in [1.54, 1.807) is 18.7 Å². The summed E-state index contributed by atoms with van der Waals surface area (Å²) >= 11 is 1.70. The fourth-order valence-corrected chi connectivity index (χ4v) is 2.80. The third-order valence-corrected chi connectivity index (χ3v) is 4.04. The van der Waals surface area contributed by atoms with Crippen LogP contribution in [0, 0.1) is 6.92 Å². The van der Waals surface area contributed by atoms with Crippen molar-refractivity contribution < 1.29 is 4.79 Å². The summed E-state index contributed by atoms with van der Waals surface area (Å²) < 4.78 is -0.311. The van der Waals surface area contributed by atoms with E-state index in [0.29, 0.717) is 11.8 Å². The first-order valence-corrected chi connectivity index (χ1v) is 5.93. The Bertz CT molecular complexity index is 370. The van der Waals surface area contributed by atoms with Gasteiger partial charge in [0, 0.05) is 0 Å². The van der Waals surface area contributed by atoms with Crippen molar-refractivity contribution in [3.63, 3.8) is 0 Å². The molecule has 15 heavy (non-hydrogen) atoms. The summed E-state index contributed by atoms with van der Waals surface area (Å²) in [5.74, 6) is 2.13. The summed E-state index contributed by atoms with van der Waals surface area (Å²) in [7, 11) is 0. The molecule has 1 aliphatic rings. The van der Waals surface area contributed by atoms with Crippen LogP contribution >= 0.6 is 11.8 Å². The van der Waals surface area contributed by atoms with E-state index >= 15 is 0 Å². The number of H-pyrrole nitrogens is 1. The third kappa shape index (κ3) is 2.14. The van der Waals surface area contributed by atoms with Crippen molar-refractivity contribution in [3.8, 4) is 0 Å². The number of carbonyl (C=O) groups is 1. The van der Waals surface area contributed by atoms with Gasteiger partial charge in [-0.15, -0.1) is 16.9 Å². The van der Waals surface area contributed by atoms with Gasteiger partial charge in [-0.1, -0.05) is 0 Å². The van der Waals surface area contributed by atoms with Gasteiger partial charge in [-0.2, -0.15) is 4.98 Å². The van der Waals surface area contributed by atoms with E-state index in [4.69, 9.17) is 0 Å². The van der Waals surface area contributed by atoms with Crippen LogP contribution in [0.5, 0.6) is 0 Å². The second-order valence-corrected chi connectivity index (χ2v) is 5.48. The number of amides is 1. The van der Waals surface area contributed by atoms with Gasteiger partial charge in [-0.05, 0) is 32.4 Å². The molecule has 5 nitrogen and oxygen atoms in total. The van der Waals surface area contributed by atoms with Gasteiger partial charge in [0.1, 0.15) is 5.82 Å². The fraction of sp³-hybridized carbons (Fsp3) is 0.667. The first-order valence-electron chi connectivity index (χ1n) is 4.94. The molecule has 1 amide bonds. The van der Waals surface area contributed by atoms with E-state index in [0.717, 1.165) is 18.6 Å². The molecule has 0 saturated carbocycles. The van der Waals surface area contributed by atoms with Crippen molar-refractivity contribution in [1.29, 1.82) is 0 Å². The van der Waals surface area contributed by atoms with E-state index < -0.39 is 0 Å². The monoisotopic (exact) mass is 226 g/mol. The predicted molar refractivity (Wildman–Crippen MR) is 59.8 cm³/mol. The maximum Gasteiger partial charge on any atom is 0.248 e. The molecule has 2 rings (SSSR count). The molecule has 2 heterocycles. The lowest BCUT2D eigenvalue weighted by molar-refractivity contribution is -0.118. The normalized spacial score (nSPS) is 25.5. The molecule has 1 saturated heterocycles. The number of hydrogen-bond acceptors (Lipinski definition) is 4. The van der Waals surface area contributed by atoms with Gasteiger partial charge in [0.2, 0.25) is 11.9 Å².